The number of imide groups is 1. The van der Waals surface area contributed by atoms with Crippen LogP contribution in [-0.4, -0.2) is 46.7 Å². The highest BCUT2D eigenvalue weighted by Crippen LogP contribution is 2.26. The molecule has 1 aromatic carbocycles. The minimum absolute atomic E-state index is 0.0293. The molecule has 8 nitrogen and oxygen atoms in total. The van der Waals surface area contributed by atoms with E-state index in [2.05, 4.69) is 16.9 Å². The van der Waals surface area contributed by atoms with E-state index in [9.17, 15) is 19.2 Å². The average molecular weight is 448 g/mol. The van der Waals surface area contributed by atoms with Crippen LogP contribution in [0.4, 0.5) is 5.82 Å². The molecule has 0 spiro atoms. The zero-order chi connectivity index (χ0) is 22.0. The van der Waals surface area contributed by atoms with Crippen molar-refractivity contribution in [2.75, 3.05) is 18.5 Å². The highest BCUT2D eigenvalue weighted by atomic mass is 35.5. The lowest BCUT2D eigenvalue weighted by Crippen LogP contribution is -2.29. The molecule has 0 radical (unpaired) electrons. The molecule has 2 heterocycles. The second kappa shape index (κ2) is 8.64. The fraction of sp³-hybridized carbons (Fsp3) is 0.150. The Morgan fingerprint density at radius 3 is 2.57 bits per heavy atom. The van der Waals surface area contributed by atoms with Crippen LogP contribution in [0.2, 0.25) is 10.0 Å². The Balaban J connectivity index is 1.66. The van der Waals surface area contributed by atoms with Gasteiger partial charge in [0.25, 0.3) is 17.7 Å². The molecule has 1 N–H and O–H groups in total. The summed E-state index contributed by atoms with van der Waals surface area (Å²) in [6.07, 6.45) is 1.43. The molecule has 0 fully saturated rings. The second-order valence-electron chi connectivity index (χ2n) is 6.28. The van der Waals surface area contributed by atoms with E-state index in [0.29, 0.717) is 10.7 Å². The zero-order valence-corrected chi connectivity index (χ0v) is 17.2. The van der Waals surface area contributed by atoms with Crippen molar-refractivity contribution in [3.63, 3.8) is 0 Å². The van der Waals surface area contributed by atoms with Crippen LogP contribution in [0.5, 0.6) is 0 Å². The summed E-state index contributed by atoms with van der Waals surface area (Å²) in [5.41, 5.74) is 0.779. The standard InChI is InChI=1S/C20H15Cl2N3O5/c1-3-6-25-18(27)12-5-4-11(7-13(12)19(25)28)20(29)30-9-16(26)24-17-15(22)8-14(21)10(2)23-17/h3-5,7-8H,1,6,9H2,2H3,(H,23,24,26). The topological polar surface area (TPSA) is 106 Å². The first kappa shape index (κ1) is 21.5. The number of hydrogen-bond donors (Lipinski definition) is 1. The molecule has 0 aliphatic carbocycles. The first-order valence-corrected chi connectivity index (χ1v) is 9.39. The molecule has 0 bridgehead atoms. The van der Waals surface area contributed by atoms with E-state index in [4.69, 9.17) is 27.9 Å². The molecule has 3 amide bonds. The quantitative estimate of drug-likeness (QED) is 0.413. The van der Waals surface area contributed by atoms with Crippen molar-refractivity contribution < 1.29 is 23.9 Å². The number of ether oxygens (including phenoxy) is 1. The van der Waals surface area contributed by atoms with Gasteiger partial charge in [-0.25, -0.2) is 9.78 Å². The highest BCUT2D eigenvalue weighted by Gasteiger charge is 2.35. The minimum atomic E-state index is -0.832. The van der Waals surface area contributed by atoms with Crippen LogP contribution in [-0.2, 0) is 9.53 Å². The lowest BCUT2D eigenvalue weighted by atomic mass is 10.1. The Kier molecular flexibility index (Phi) is 6.19. The van der Waals surface area contributed by atoms with Crippen molar-refractivity contribution in [1.82, 2.24) is 9.88 Å². The van der Waals surface area contributed by atoms with Crippen LogP contribution in [0.15, 0.2) is 36.9 Å². The zero-order valence-electron chi connectivity index (χ0n) is 15.7. The van der Waals surface area contributed by atoms with Gasteiger partial charge in [0.15, 0.2) is 12.4 Å². The van der Waals surface area contributed by atoms with Gasteiger partial charge in [0, 0.05) is 6.54 Å². The number of hydrogen-bond acceptors (Lipinski definition) is 6. The first-order chi connectivity index (χ1) is 14.2. The van der Waals surface area contributed by atoms with Crippen LogP contribution in [0.3, 0.4) is 0 Å². The predicted molar refractivity (Wildman–Crippen MR) is 110 cm³/mol. The third-order valence-electron chi connectivity index (χ3n) is 4.22. The summed E-state index contributed by atoms with van der Waals surface area (Å²) >= 11 is 11.9. The number of fused-ring (bicyclic) bond motifs is 1. The maximum absolute atomic E-state index is 12.3. The van der Waals surface area contributed by atoms with Crippen molar-refractivity contribution in [2.24, 2.45) is 0 Å². The number of carbonyl (C=O) groups excluding carboxylic acids is 4. The van der Waals surface area contributed by atoms with Gasteiger partial charge in [-0.3, -0.25) is 19.3 Å². The summed E-state index contributed by atoms with van der Waals surface area (Å²) in [5.74, 6) is -2.40. The maximum atomic E-state index is 12.3. The number of nitrogens with one attached hydrogen (secondary N) is 1. The largest absolute Gasteiger partial charge is 0.452 e. The molecule has 0 atom stereocenters. The van der Waals surface area contributed by atoms with Crippen molar-refractivity contribution in [3.8, 4) is 0 Å². The van der Waals surface area contributed by atoms with Crippen molar-refractivity contribution in [2.45, 2.75) is 6.92 Å². The Bertz CT molecular complexity index is 1100. The van der Waals surface area contributed by atoms with Crippen LogP contribution in [0, 0.1) is 6.92 Å². The van der Waals surface area contributed by atoms with Crippen LogP contribution >= 0.6 is 23.2 Å². The van der Waals surface area contributed by atoms with Gasteiger partial charge in [0.2, 0.25) is 0 Å². The monoisotopic (exact) mass is 447 g/mol. The first-order valence-electron chi connectivity index (χ1n) is 8.63. The molecule has 0 saturated carbocycles. The molecule has 154 valence electrons. The minimum Gasteiger partial charge on any atom is -0.452 e. The van der Waals surface area contributed by atoms with Gasteiger partial charge in [0.1, 0.15) is 0 Å². The van der Waals surface area contributed by atoms with Crippen molar-refractivity contribution in [3.05, 3.63) is 69.3 Å². The number of benzene rings is 1. The summed E-state index contributed by atoms with van der Waals surface area (Å²) < 4.78 is 4.98. The number of pyridine rings is 1. The van der Waals surface area contributed by atoms with Crippen molar-refractivity contribution >= 4 is 52.7 Å². The molecule has 2 aromatic rings. The summed E-state index contributed by atoms with van der Waals surface area (Å²) in [5, 5.41) is 2.91. The van der Waals surface area contributed by atoms with E-state index in [0.717, 1.165) is 4.90 Å². The van der Waals surface area contributed by atoms with Gasteiger partial charge in [-0.1, -0.05) is 29.3 Å². The van der Waals surface area contributed by atoms with E-state index in [1.807, 2.05) is 0 Å². The molecule has 0 saturated heterocycles. The SMILES string of the molecule is C=CCN1C(=O)c2ccc(C(=O)OCC(=O)Nc3nc(C)c(Cl)cc3Cl)cc2C1=O. The molecule has 1 aliphatic heterocycles. The Hall–Kier alpha value is -3.23. The summed E-state index contributed by atoms with van der Waals surface area (Å²) in [4.78, 5) is 53.9. The fourth-order valence-electron chi connectivity index (χ4n) is 2.74. The number of rotatable bonds is 6. The summed E-state index contributed by atoms with van der Waals surface area (Å²) in [6, 6.07) is 5.42. The molecular weight excluding hydrogens is 433 g/mol. The highest BCUT2D eigenvalue weighted by molar-refractivity contribution is 6.36. The maximum Gasteiger partial charge on any atom is 0.338 e. The Morgan fingerprint density at radius 1 is 1.17 bits per heavy atom. The summed E-state index contributed by atoms with van der Waals surface area (Å²) in [7, 11) is 0. The number of aryl methyl sites for hydroxylation is 1. The van der Waals surface area contributed by atoms with Gasteiger partial charge < -0.3 is 10.1 Å². The number of aromatic nitrogens is 1. The van der Waals surface area contributed by atoms with Crippen molar-refractivity contribution in [1.29, 1.82) is 0 Å². The Labute approximate surface area is 181 Å². The number of anilines is 1. The van der Waals surface area contributed by atoms with Gasteiger partial charge in [0.05, 0.1) is 32.4 Å². The smallest absolute Gasteiger partial charge is 0.338 e. The van der Waals surface area contributed by atoms with Crippen LogP contribution in [0.1, 0.15) is 36.8 Å². The van der Waals surface area contributed by atoms with Crippen LogP contribution in [0.25, 0.3) is 0 Å². The van der Waals surface area contributed by atoms with Gasteiger partial charge in [-0.15, -0.1) is 6.58 Å². The van der Waals surface area contributed by atoms with E-state index in [1.54, 1.807) is 6.92 Å². The van der Waals surface area contributed by atoms with Gasteiger partial charge in [-0.05, 0) is 31.2 Å². The van der Waals surface area contributed by atoms with E-state index >= 15 is 0 Å². The molecule has 10 heteroatoms. The third kappa shape index (κ3) is 4.19. The van der Waals surface area contributed by atoms with E-state index in [-0.39, 0.29) is 34.1 Å². The molecule has 1 aliphatic rings. The number of halogens is 2. The molecule has 0 unspecified atom stereocenters. The van der Waals surface area contributed by atoms with E-state index < -0.39 is 30.3 Å². The third-order valence-corrected chi connectivity index (χ3v) is 4.89. The predicted octanol–water partition coefficient (Wildman–Crippen LogP) is 3.27. The lowest BCUT2D eigenvalue weighted by Gasteiger charge is -2.09. The van der Waals surface area contributed by atoms with Crippen LogP contribution < -0.4 is 5.32 Å². The second-order valence-corrected chi connectivity index (χ2v) is 7.09. The van der Waals surface area contributed by atoms with Gasteiger partial charge in [-0.2, -0.15) is 0 Å². The lowest BCUT2D eigenvalue weighted by molar-refractivity contribution is -0.119. The molecular formula is C20H15Cl2N3O5. The molecule has 3 rings (SSSR count). The number of carbonyl (C=O) groups is 4. The van der Waals surface area contributed by atoms with E-state index in [1.165, 1.54) is 30.3 Å². The molecule has 30 heavy (non-hydrogen) atoms. The Morgan fingerprint density at radius 2 is 1.87 bits per heavy atom. The molecule has 1 aromatic heterocycles. The van der Waals surface area contributed by atoms with Gasteiger partial charge >= 0.3 is 5.97 Å². The number of amides is 3. The number of nitrogens with zero attached hydrogens (tertiary/aromatic N) is 2. The number of esters is 1. The average Bonchev–Trinajstić information content (AvgIpc) is 2.95. The normalized spacial score (nSPS) is 12.6. The fourth-order valence-corrected chi connectivity index (χ4v) is 3.15. The summed E-state index contributed by atoms with van der Waals surface area (Å²) in [6.45, 7) is 4.61.